The molecule has 0 bridgehead atoms. The summed E-state index contributed by atoms with van der Waals surface area (Å²) < 4.78 is 51.6. The Bertz CT molecular complexity index is 1220. The second-order valence-electron chi connectivity index (χ2n) is 6.52. The van der Waals surface area contributed by atoms with Gasteiger partial charge >= 0.3 is 6.18 Å². The van der Waals surface area contributed by atoms with Gasteiger partial charge in [0, 0.05) is 23.6 Å². The molecule has 0 saturated carbocycles. The molecular weight excluding hydrogens is 383 g/mol. The van der Waals surface area contributed by atoms with Gasteiger partial charge in [-0.05, 0) is 48.5 Å². The Balaban J connectivity index is 1.53. The van der Waals surface area contributed by atoms with E-state index in [4.69, 9.17) is 9.47 Å². The number of fused-ring (bicyclic) bond motifs is 2. The number of ether oxygens (including phenoxy) is 2. The molecule has 5 nitrogen and oxygen atoms in total. The lowest BCUT2D eigenvalue weighted by Crippen LogP contribution is -2.05. The van der Waals surface area contributed by atoms with Crippen LogP contribution in [0.15, 0.2) is 67.0 Å². The van der Waals surface area contributed by atoms with Crippen LogP contribution in [0.4, 0.5) is 24.7 Å². The van der Waals surface area contributed by atoms with Crippen LogP contribution in [0, 0.1) is 0 Å². The monoisotopic (exact) mass is 397 g/mol. The van der Waals surface area contributed by atoms with Crippen LogP contribution in [0.25, 0.3) is 16.8 Å². The number of halogens is 3. The zero-order valence-electron chi connectivity index (χ0n) is 14.9. The highest BCUT2D eigenvalue weighted by Crippen LogP contribution is 2.37. The summed E-state index contributed by atoms with van der Waals surface area (Å²) in [6.07, 6.45) is -1.01. The highest BCUT2D eigenvalue weighted by atomic mass is 19.4. The summed E-state index contributed by atoms with van der Waals surface area (Å²) >= 11 is 0. The molecule has 0 unspecified atom stereocenters. The number of hydrogen-bond donors (Lipinski definition) is 1. The number of aromatic nitrogens is 2. The van der Waals surface area contributed by atoms with Crippen LogP contribution < -0.4 is 14.8 Å². The van der Waals surface area contributed by atoms with E-state index in [2.05, 4.69) is 10.3 Å². The molecule has 1 aliphatic rings. The van der Waals surface area contributed by atoms with E-state index in [1.54, 1.807) is 18.5 Å². The van der Waals surface area contributed by atoms with Gasteiger partial charge in [-0.25, -0.2) is 4.98 Å². The molecule has 8 heteroatoms. The van der Waals surface area contributed by atoms with E-state index in [1.165, 1.54) is 6.07 Å². The molecule has 4 aromatic rings. The van der Waals surface area contributed by atoms with Crippen LogP contribution >= 0.6 is 0 Å². The Labute approximate surface area is 163 Å². The summed E-state index contributed by atoms with van der Waals surface area (Å²) in [5, 5.41) is 2.99. The largest absolute Gasteiger partial charge is 0.454 e. The number of anilines is 2. The molecule has 0 atom stereocenters. The fourth-order valence-corrected chi connectivity index (χ4v) is 3.34. The van der Waals surface area contributed by atoms with Gasteiger partial charge < -0.3 is 19.2 Å². The van der Waals surface area contributed by atoms with Crippen molar-refractivity contribution in [3.05, 3.63) is 72.6 Å². The minimum absolute atomic E-state index is 0.197. The van der Waals surface area contributed by atoms with Gasteiger partial charge in [-0.3, -0.25) is 0 Å². The molecule has 2 aromatic carbocycles. The lowest BCUT2D eigenvalue weighted by atomic mass is 10.1. The summed E-state index contributed by atoms with van der Waals surface area (Å²) in [4.78, 5) is 4.30. The Morgan fingerprint density at radius 3 is 2.69 bits per heavy atom. The first-order chi connectivity index (χ1) is 14.0. The Morgan fingerprint density at radius 1 is 0.966 bits per heavy atom. The van der Waals surface area contributed by atoms with E-state index in [-0.39, 0.29) is 6.79 Å². The highest BCUT2D eigenvalue weighted by molar-refractivity contribution is 5.79. The molecular formula is C21H14F3N3O2. The number of hydrogen-bond acceptors (Lipinski definition) is 4. The highest BCUT2D eigenvalue weighted by Gasteiger charge is 2.30. The zero-order valence-corrected chi connectivity index (χ0v) is 14.9. The number of rotatable bonds is 3. The third-order valence-corrected chi connectivity index (χ3v) is 4.70. The third kappa shape index (κ3) is 3.12. The van der Waals surface area contributed by atoms with Gasteiger partial charge in [0.2, 0.25) is 6.79 Å². The van der Waals surface area contributed by atoms with Crippen molar-refractivity contribution >= 4 is 17.0 Å². The fraction of sp³-hybridized carbons (Fsp3) is 0.0952. The van der Waals surface area contributed by atoms with Crippen molar-refractivity contribution in [2.45, 2.75) is 6.18 Å². The first kappa shape index (κ1) is 17.4. The molecule has 29 heavy (non-hydrogen) atoms. The summed E-state index contributed by atoms with van der Waals surface area (Å²) in [5.41, 5.74) is 2.15. The van der Waals surface area contributed by atoms with E-state index in [0.717, 1.165) is 28.9 Å². The Kier molecular flexibility index (Phi) is 3.87. The number of alkyl halides is 3. The maximum absolute atomic E-state index is 13.0. The van der Waals surface area contributed by atoms with Crippen LogP contribution in [-0.4, -0.2) is 16.2 Å². The molecule has 2 aromatic heterocycles. The van der Waals surface area contributed by atoms with Gasteiger partial charge in [0.25, 0.3) is 0 Å². The summed E-state index contributed by atoms with van der Waals surface area (Å²) in [6, 6.07) is 14.5. The van der Waals surface area contributed by atoms with Gasteiger partial charge in [-0.15, -0.1) is 0 Å². The fourth-order valence-electron chi connectivity index (χ4n) is 3.34. The van der Waals surface area contributed by atoms with Crippen molar-refractivity contribution in [1.29, 1.82) is 0 Å². The smallest absolute Gasteiger partial charge is 0.416 e. The van der Waals surface area contributed by atoms with Crippen molar-refractivity contribution in [2.24, 2.45) is 0 Å². The molecule has 0 aliphatic carbocycles. The maximum Gasteiger partial charge on any atom is 0.416 e. The van der Waals surface area contributed by atoms with Gasteiger partial charge in [-0.2, -0.15) is 13.2 Å². The standard InChI is InChI=1S/C21H14F3N3O2/c22-21(23,24)14-2-1-3-15(11-14)26-20-17-6-5-16(27(17)9-8-25-20)13-4-7-18-19(10-13)29-12-28-18/h1-11H,12H2,(H,25,26). The minimum atomic E-state index is -4.40. The molecule has 1 N–H and O–H groups in total. The van der Waals surface area contributed by atoms with Gasteiger partial charge in [-0.1, -0.05) is 6.07 Å². The van der Waals surface area contributed by atoms with Crippen LogP contribution in [0.2, 0.25) is 0 Å². The number of nitrogens with one attached hydrogen (secondary N) is 1. The minimum Gasteiger partial charge on any atom is -0.454 e. The summed E-state index contributed by atoms with van der Waals surface area (Å²) in [7, 11) is 0. The second-order valence-corrected chi connectivity index (χ2v) is 6.52. The molecule has 0 radical (unpaired) electrons. The van der Waals surface area contributed by atoms with E-state index in [9.17, 15) is 13.2 Å². The first-order valence-electron chi connectivity index (χ1n) is 8.79. The van der Waals surface area contributed by atoms with E-state index < -0.39 is 11.7 Å². The topological polar surface area (TPSA) is 47.8 Å². The zero-order chi connectivity index (χ0) is 20.0. The SMILES string of the molecule is FC(F)(F)c1cccc(Nc2nccn3c(-c4ccc5c(c4)OCO5)ccc23)c1. The molecule has 0 amide bonds. The van der Waals surface area contributed by atoms with Crippen molar-refractivity contribution in [2.75, 3.05) is 12.1 Å². The van der Waals surface area contributed by atoms with Crippen LogP contribution in [0.5, 0.6) is 11.5 Å². The lowest BCUT2D eigenvalue weighted by molar-refractivity contribution is -0.137. The quantitative estimate of drug-likeness (QED) is 0.496. The summed E-state index contributed by atoms with van der Waals surface area (Å²) in [5.74, 6) is 1.83. The van der Waals surface area contributed by atoms with Gasteiger partial charge in [0.05, 0.1) is 16.8 Å². The number of benzene rings is 2. The van der Waals surface area contributed by atoms with Gasteiger partial charge in [0.15, 0.2) is 17.3 Å². The predicted molar refractivity (Wildman–Crippen MR) is 101 cm³/mol. The van der Waals surface area contributed by atoms with E-state index in [0.29, 0.717) is 23.0 Å². The Morgan fingerprint density at radius 2 is 1.83 bits per heavy atom. The lowest BCUT2D eigenvalue weighted by Gasteiger charge is -2.11. The van der Waals surface area contributed by atoms with Crippen molar-refractivity contribution in [3.63, 3.8) is 0 Å². The first-order valence-corrected chi connectivity index (χ1v) is 8.79. The Hall–Kier alpha value is -3.68. The molecule has 3 heterocycles. The normalized spacial score (nSPS) is 13.1. The average molecular weight is 397 g/mol. The van der Waals surface area contributed by atoms with Crippen molar-refractivity contribution in [3.8, 4) is 22.8 Å². The molecule has 0 saturated heterocycles. The van der Waals surface area contributed by atoms with E-state index in [1.807, 2.05) is 34.7 Å². The van der Waals surface area contributed by atoms with Crippen molar-refractivity contribution in [1.82, 2.24) is 9.38 Å². The predicted octanol–water partition coefficient (Wildman–Crippen LogP) is 5.49. The molecule has 0 fully saturated rings. The van der Waals surface area contributed by atoms with Crippen molar-refractivity contribution < 1.29 is 22.6 Å². The van der Waals surface area contributed by atoms with Crippen LogP contribution in [0.1, 0.15) is 5.56 Å². The van der Waals surface area contributed by atoms with Crippen LogP contribution in [-0.2, 0) is 6.18 Å². The van der Waals surface area contributed by atoms with E-state index >= 15 is 0 Å². The number of nitrogens with zero attached hydrogens (tertiary/aromatic N) is 2. The molecule has 0 spiro atoms. The molecule has 1 aliphatic heterocycles. The average Bonchev–Trinajstić information content (AvgIpc) is 3.34. The molecule has 5 rings (SSSR count). The molecule has 146 valence electrons. The second kappa shape index (κ2) is 6.44. The van der Waals surface area contributed by atoms with Gasteiger partial charge in [0.1, 0.15) is 0 Å². The maximum atomic E-state index is 13.0. The summed E-state index contributed by atoms with van der Waals surface area (Å²) in [6.45, 7) is 0.197. The third-order valence-electron chi connectivity index (χ3n) is 4.70. The van der Waals surface area contributed by atoms with Crippen LogP contribution in [0.3, 0.4) is 0 Å².